The lowest BCUT2D eigenvalue weighted by Crippen LogP contribution is -2.40. The van der Waals surface area contributed by atoms with E-state index in [0.29, 0.717) is 24.4 Å². The quantitative estimate of drug-likeness (QED) is 0.223. The molecular formula is C30H39N11O3. The first-order valence-electron chi connectivity index (χ1n) is 14.0. The molecule has 0 bridgehead atoms. The van der Waals surface area contributed by atoms with Crippen molar-refractivity contribution in [1.82, 2.24) is 45.5 Å². The summed E-state index contributed by atoms with van der Waals surface area (Å²) in [4.78, 5) is 27.0. The summed E-state index contributed by atoms with van der Waals surface area (Å²) in [5, 5.41) is 25.1. The molecule has 0 radical (unpaired) electrons. The molecule has 1 fully saturated rings. The Hall–Kier alpha value is -4.97. The van der Waals surface area contributed by atoms with E-state index in [-0.39, 0.29) is 11.7 Å². The summed E-state index contributed by atoms with van der Waals surface area (Å²) in [6, 6.07) is 12.8. The molecule has 0 spiro atoms. The maximum atomic E-state index is 11.0. The second kappa shape index (κ2) is 17.2. The van der Waals surface area contributed by atoms with Gasteiger partial charge in [-0.3, -0.25) is 4.79 Å². The first-order valence-corrected chi connectivity index (χ1v) is 14.0. The average Bonchev–Trinajstić information content (AvgIpc) is 3.55. The molecule has 0 unspecified atom stereocenters. The van der Waals surface area contributed by atoms with Gasteiger partial charge in [0.25, 0.3) is 0 Å². The molecule has 5 rings (SSSR count). The number of tetrazole rings is 1. The van der Waals surface area contributed by atoms with E-state index < -0.39 is 0 Å². The Morgan fingerprint density at radius 3 is 2.39 bits per heavy atom. The molecule has 2 aromatic carbocycles. The van der Waals surface area contributed by atoms with E-state index in [1.54, 1.807) is 67.5 Å². The maximum absolute atomic E-state index is 11.0. The van der Waals surface area contributed by atoms with Gasteiger partial charge < -0.3 is 25.5 Å². The van der Waals surface area contributed by atoms with Crippen LogP contribution in [-0.2, 0) is 6.54 Å². The van der Waals surface area contributed by atoms with E-state index in [1.165, 1.54) is 19.4 Å². The molecule has 14 nitrogen and oxygen atoms in total. The molecule has 0 aliphatic carbocycles. The lowest BCUT2D eigenvalue weighted by Gasteiger charge is -2.21. The SMILES string of the molecule is CN(CCn1cnnn1)Oc1cc(-c2cnc(N)nc2)ccc1C#N.CN1CCNCC1.COc1ccc(C(C)=O)cc1C. The minimum Gasteiger partial charge on any atom is -0.496 e. The Bertz CT molecular complexity index is 1500. The highest BCUT2D eigenvalue weighted by Crippen LogP contribution is 2.27. The van der Waals surface area contributed by atoms with Crippen LogP contribution in [0.4, 0.5) is 5.95 Å². The summed E-state index contributed by atoms with van der Waals surface area (Å²) >= 11 is 0. The van der Waals surface area contributed by atoms with Crippen molar-refractivity contribution < 1.29 is 14.4 Å². The largest absolute Gasteiger partial charge is 0.496 e. The van der Waals surface area contributed by atoms with E-state index >= 15 is 0 Å². The molecule has 0 atom stereocenters. The van der Waals surface area contributed by atoms with Crippen molar-refractivity contribution in [2.45, 2.75) is 20.4 Å². The van der Waals surface area contributed by atoms with Crippen LogP contribution in [0.2, 0.25) is 0 Å². The second-order valence-corrected chi connectivity index (χ2v) is 9.96. The molecule has 0 amide bonds. The molecule has 2 aromatic heterocycles. The fraction of sp³-hybridized carbons (Fsp3) is 0.367. The molecule has 232 valence electrons. The number of hydrogen-bond donors (Lipinski definition) is 2. The number of nitrogens with two attached hydrogens (primary N) is 1. The van der Waals surface area contributed by atoms with Crippen LogP contribution < -0.4 is 20.6 Å². The summed E-state index contributed by atoms with van der Waals surface area (Å²) in [7, 11) is 5.54. The van der Waals surface area contributed by atoms with Crippen LogP contribution in [0.1, 0.15) is 28.4 Å². The van der Waals surface area contributed by atoms with Crippen molar-refractivity contribution in [2.24, 2.45) is 0 Å². The van der Waals surface area contributed by atoms with Crippen LogP contribution in [0.5, 0.6) is 11.5 Å². The highest BCUT2D eigenvalue weighted by molar-refractivity contribution is 5.94. The number of rotatable bonds is 8. The molecule has 1 saturated heterocycles. The molecular weight excluding hydrogens is 562 g/mol. The summed E-state index contributed by atoms with van der Waals surface area (Å²) in [5.41, 5.74) is 9.25. The number of anilines is 1. The lowest BCUT2D eigenvalue weighted by atomic mass is 10.1. The van der Waals surface area contributed by atoms with Gasteiger partial charge in [0.05, 0.1) is 25.8 Å². The molecule has 4 aromatic rings. The van der Waals surface area contributed by atoms with Crippen molar-refractivity contribution >= 4 is 11.7 Å². The van der Waals surface area contributed by atoms with Crippen molar-refractivity contribution in [2.75, 3.05) is 59.7 Å². The van der Waals surface area contributed by atoms with E-state index in [1.807, 2.05) is 19.1 Å². The van der Waals surface area contributed by atoms with E-state index in [9.17, 15) is 10.1 Å². The highest BCUT2D eigenvalue weighted by atomic mass is 16.7. The molecule has 3 N–H and O–H groups in total. The normalized spacial score (nSPS) is 12.7. The number of hydroxylamine groups is 2. The smallest absolute Gasteiger partial charge is 0.219 e. The van der Waals surface area contributed by atoms with Crippen molar-refractivity contribution in [3.05, 3.63) is 71.8 Å². The molecule has 1 aliphatic rings. The number of carbonyl (C=O) groups is 1. The van der Waals surface area contributed by atoms with Crippen LogP contribution in [0.15, 0.2) is 55.1 Å². The number of aromatic nitrogens is 6. The van der Waals surface area contributed by atoms with Crippen LogP contribution in [0, 0.1) is 18.3 Å². The Labute approximate surface area is 257 Å². The predicted octanol–water partition coefficient (Wildman–Crippen LogP) is 2.24. The number of likely N-dealkylation sites (N-methyl/N-ethyl adjacent to an activating group) is 2. The van der Waals surface area contributed by atoms with Gasteiger partial charge >= 0.3 is 0 Å². The van der Waals surface area contributed by atoms with Gasteiger partial charge in [-0.2, -0.15) is 5.26 Å². The fourth-order valence-corrected chi connectivity index (χ4v) is 3.97. The van der Waals surface area contributed by atoms with E-state index in [4.69, 9.17) is 15.3 Å². The van der Waals surface area contributed by atoms with Crippen LogP contribution in [0.3, 0.4) is 0 Å². The number of nitrogens with zero attached hydrogens (tertiary/aromatic N) is 9. The molecule has 44 heavy (non-hydrogen) atoms. The van der Waals surface area contributed by atoms with Gasteiger partial charge in [-0.1, -0.05) is 6.07 Å². The zero-order valence-corrected chi connectivity index (χ0v) is 25.8. The highest BCUT2D eigenvalue weighted by Gasteiger charge is 2.11. The molecule has 3 heterocycles. The van der Waals surface area contributed by atoms with E-state index in [0.717, 1.165) is 41.1 Å². The minimum atomic E-state index is 0.0840. The number of nitriles is 1. The Balaban J connectivity index is 0.000000228. The third-order valence-electron chi connectivity index (χ3n) is 6.54. The third kappa shape index (κ3) is 10.7. The monoisotopic (exact) mass is 601 g/mol. The zero-order valence-electron chi connectivity index (χ0n) is 25.8. The molecule has 1 aliphatic heterocycles. The summed E-state index contributed by atoms with van der Waals surface area (Å²) < 4.78 is 6.66. The van der Waals surface area contributed by atoms with Gasteiger partial charge in [0.1, 0.15) is 18.1 Å². The molecule has 0 saturated carbocycles. The summed E-state index contributed by atoms with van der Waals surface area (Å²) in [6.45, 7) is 9.31. The number of piperazine rings is 1. The Morgan fingerprint density at radius 2 is 1.84 bits per heavy atom. The van der Waals surface area contributed by atoms with Crippen LogP contribution >= 0.6 is 0 Å². The number of carbonyl (C=O) groups excluding carboxylic acids is 1. The average molecular weight is 602 g/mol. The van der Waals surface area contributed by atoms with Gasteiger partial charge in [-0.05, 0) is 72.8 Å². The fourth-order valence-electron chi connectivity index (χ4n) is 3.97. The lowest BCUT2D eigenvalue weighted by molar-refractivity contribution is -0.0351. The topological polar surface area (TPSA) is 173 Å². The number of ether oxygens (including phenoxy) is 1. The minimum absolute atomic E-state index is 0.0840. The number of ketones is 1. The van der Waals surface area contributed by atoms with Gasteiger partial charge in [0, 0.05) is 56.7 Å². The van der Waals surface area contributed by atoms with Crippen molar-refractivity contribution in [3.63, 3.8) is 0 Å². The first kappa shape index (κ1) is 33.5. The van der Waals surface area contributed by atoms with Crippen LogP contribution in [0.25, 0.3) is 11.1 Å². The van der Waals surface area contributed by atoms with Crippen molar-refractivity contribution in [1.29, 1.82) is 5.26 Å². The van der Waals surface area contributed by atoms with Gasteiger partial charge in [-0.25, -0.2) is 14.6 Å². The Morgan fingerprint density at radius 1 is 1.11 bits per heavy atom. The zero-order chi connectivity index (χ0) is 31.9. The summed E-state index contributed by atoms with van der Waals surface area (Å²) in [6.07, 6.45) is 4.76. The number of hydrogen-bond acceptors (Lipinski definition) is 13. The number of methoxy groups -OCH3 is 1. The van der Waals surface area contributed by atoms with Gasteiger partial charge in [0.2, 0.25) is 5.95 Å². The molecule has 14 heteroatoms. The first-order chi connectivity index (χ1) is 21.2. The predicted molar refractivity (Wildman–Crippen MR) is 166 cm³/mol. The number of benzene rings is 2. The number of nitrogen functional groups attached to an aromatic ring is 1. The van der Waals surface area contributed by atoms with E-state index in [2.05, 4.69) is 48.8 Å². The van der Waals surface area contributed by atoms with Crippen LogP contribution in [-0.4, -0.2) is 99.9 Å². The third-order valence-corrected chi connectivity index (χ3v) is 6.54. The maximum Gasteiger partial charge on any atom is 0.219 e. The number of Topliss-reactive ketones (excluding diaryl/α,β-unsaturated/α-hetero) is 1. The standard InChI is InChI=1S/C15H15N9O.C10H12O2.C5H12N2/c1-23(4-5-24-10-20-21-22-24)25-14-6-11(2-3-12(14)7-16)13-8-18-15(17)19-9-13;1-7-6-9(8(2)11)4-5-10(7)12-3;1-7-4-2-6-3-5-7/h2-3,6,8-10H,4-5H2,1H3,(H2,17,18,19);4-6H,1-3H3;6H,2-5H2,1H3. The second-order valence-electron chi connectivity index (χ2n) is 9.96. The summed E-state index contributed by atoms with van der Waals surface area (Å²) in [5.74, 6) is 1.55. The Kier molecular flexibility index (Phi) is 13.1. The van der Waals surface area contributed by atoms with Gasteiger partial charge in [0.15, 0.2) is 11.5 Å². The van der Waals surface area contributed by atoms with Gasteiger partial charge in [-0.15, -0.1) is 10.2 Å². The number of nitrogens with one attached hydrogen (secondary N) is 1. The van der Waals surface area contributed by atoms with Crippen molar-refractivity contribution in [3.8, 4) is 28.7 Å². The number of aryl methyl sites for hydroxylation is 1.